The number of hydrogen-bond donors (Lipinski definition) is 1. The van der Waals surface area contributed by atoms with E-state index in [-0.39, 0.29) is 12.4 Å². The quantitative estimate of drug-likeness (QED) is 0.240. The number of unbranched alkanes of at least 4 members (excludes halogenated alkanes) is 2. The number of anilines is 1. The molecule has 0 bridgehead atoms. The average molecular weight is 575 g/mol. The minimum absolute atomic E-state index is 0.142. The highest BCUT2D eigenvalue weighted by Gasteiger charge is 2.51. The molecule has 7 nitrogen and oxygen atoms in total. The minimum Gasteiger partial charge on any atom is -0.433 e. The number of alkyl halides is 3. The largest absolute Gasteiger partial charge is 0.433 e. The highest BCUT2D eigenvalue weighted by Crippen LogP contribution is 2.34. The number of carbonyl (C=O) groups is 1. The van der Waals surface area contributed by atoms with E-state index in [1.54, 1.807) is 38.1 Å². The molecular weight excluding hydrogens is 533 g/mol. The van der Waals surface area contributed by atoms with Gasteiger partial charge in [0.15, 0.2) is 0 Å². The van der Waals surface area contributed by atoms with Crippen molar-refractivity contribution < 1.29 is 27.8 Å². The number of nitrogens with zero attached hydrogens (tertiary/aromatic N) is 4. The van der Waals surface area contributed by atoms with Gasteiger partial charge in [-0.2, -0.15) is 18.3 Å². The highest BCUT2D eigenvalue weighted by atomic mass is 19.4. The second kappa shape index (κ2) is 12.6. The van der Waals surface area contributed by atoms with Crippen LogP contribution in [0.25, 0.3) is 11.1 Å². The van der Waals surface area contributed by atoms with E-state index in [0.717, 1.165) is 61.2 Å². The van der Waals surface area contributed by atoms with Gasteiger partial charge in [0, 0.05) is 25.5 Å². The van der Waals surface area contributed by atoms with Crippen LogP contribution in [0.4, 0.5) is 23.8 Å². The smallest absolute Gasteiger partial charge is 0.427 e. The zero-order valence-electron chi connectivity index (χ0n) is 24.9. The van der Waals surface area contributed by atoms with Gasteiger partial charge in [-0.3, -0.25) is 9.58 Å². The molecule has 3 aromatic rings. The van der Waals surface area contributed by atoms with E-state index >= 15 is 0 Å². The van der Waals surface area contributed by atoms with Crippen LogP contribution in [-0.4, -0.2) is 44.3 Å². The van der Waals surface area contributed by atoms with Crippen molar-refractivity contribution in [3.63, 3.8) is 0 Å². The zero-order chi connectivity index (χ0) is 30.6. The monoisotopic (exact) mass is 574 g/mol. The van der Waals surface area contributed by atoms with E-state index in [9.17, 15) is 23.1 Å². The van der Waals surface area contributed by atoms with Crippen LogP contribution >= 0.6 is 0 Å². The van der Waals surface area contributed by atoms with E-state index < -0.39 is 23.5 Å². The van der Waals surface area contributed by atoms with Gasteiger partial charge in [0.25, 0.3) is 0 Å². The van der Waals surface area contributed by atoms with Gasteiger partial charge in [0.2, 0.25) is 5.60 Å². The van der Waals surface area contributed by atoms with Gasteiger partial charge in [-0.1, -0.05) is 44.5 Å². The van der Waals surface area contributed by atoms with Crippen molar-refractivity contribution >= 4 is 11.9 Å². The number of aliphatic hydroxyl groups is 1. The first kappa shape index (κ1) is 32.1. The lowest BCUT2D eigenvalue weighted by Gasteiger charge is -2.31. The fraction of sp³-hybridized carbons (Fsp3) is 0.516. The second-order valence-corrected chi connectivity index (χ2v) is 11.7. The Morgan fingerprint density at radius 1 is 1.00 bits per heavy atom. The molecule has 0 aliphatic carbocycles. The van der Waals surface area contributed by atoms with Crippen molar-refractivity contribution in [2.45, 2.75) is 90.5 Å². The summed E-state index contributed by atoms with van der Waals surface area (Å²) in [4.78, 5) is 18.6. The number of benzene rings is 1. The molecule has 1 N–H and O–H groups in total. The Morgan fingerprint density at radius 3 is 2.22 bits per heavy atom. The average Bonchev–Trinajstić information content (AvgIpc) is 3.25. The third-order valence-corrected chi connectivity index (χ3v) is 7.09. The summed E-state index contributed by atoms with van der Waals surface area (Å²) in [6.07, 6.45) is -1.41. The summed E-state index contributed by atoms with van der Waals surface area (Å²) >= 11 is 0. The molecule has 0 aliphatic heterocycles. The van der Waals surface area contributed by atoms with Crippen molar-refractivity contribution in [2.75, 3.05) is 11.4 Å². The number of hydrogen-bond acceptors (Lipinski definition) is 5. The fourth-order valence-corrected chi connectivity index (χ4v) is 4.25. The van der Waals surface area contributed by atoms with Crippen LogP contribution in [0.15, 0.2) is 48.7 Å². The number of rotatable bonds is 11. The molecule has 0 atom stereocenters. The summed E-state index contributed by atoms with van der Waals surface area (Å²) in [6, 6.07) is 12.8. The van der Waals surface area contributed by atoms with E-state index in [0.29, 0.717) is 12.3 Å². The van der Waals surface area contributed by atoms with Crippen LogP contribution in [0, 0.1) is 0 Å². The van der Waals surface area contributed by atoms with Crippen molar-refractivity contribution in [1.82, 2.24) is 14.8 Å². The molecule has 10 heteroatoms. The van der Waals surface area contributed by atoms with Crippen LogP contribution in [0.3, 0.4) is 0 Å². The van der Waals surface area contributed by atoms with E-state index in [2.05, 4.69) is 30.0 Å². The molecule has 0 spiro atoms. The van der Waals surface area contributed by atoms with Gasteiger partial charge in [-0.05, 0) is 87.8 Å². The molecule has 41 heavy (non-hydrogen) atoms. The van der Waals surface area contributed by atoms with Crippen LogP contribution in [0.5, 0.6) is 0 Å². The number of ether oxygens (including phenoxy) is 1. The number of halogens is 3. The lowest BCUT2D eigenvalue weighted by atomic mass is 9.96. The third-order valence-electron chi connectivity index (χ3n) is 7.09. The van der Waals surface area contributed by atoms with Crippen LogP contribution in [0.1, 0.15) is 83.7 Å². The lowest BCUT2D eigenvalue weighted by molar-refractivity contribution is -0.243. The molecule has 1 amide bonds. The first-order valence-electron chi connectivity index (χ1n) is 13.9. The Kier molecular flexibility index (Phi) is 9.89. The molecule has 224 valence electrons. The number of carbonyl (C=O) groups excluding carboxylic acids is 1. The Hall–Kier alpha value is -3.40. The van der Waals surface area contributed by atoms with Crippen LogP contribution in [0.2, 0.25) is 0 Å². The van der Waals surface area contributed by atoms with Crippen LogP contribution in [-0.2, 0) is 23.8 Å². The van der Waals surface area contributed by atoms with Crippen molar-refractivity contribution in [1.29, 1.82) is 0 Å². The zero-order valence-corrected chi connectivity index (χ0v) is 24.9. The molecular formula is C31H41F3N4O3. The molecule has 2 heterocycles. The molecule has 0 saturated carbocycles. The lowest BCUT2D eigenvalue weighted by Crippen LogP contribution is -2.47. The van der Waals surface area contributed by atoms with Gasteiger partial charge < -0.3 is 9.84 Å². The molecule has 0 radical (unpaired) electrons. The van der Waals surface area contributed by atoms with Crippen molar-refractivity contribution in [2.24, 2.45) is 7.05 Å². The van der Waals surface area contributed by atoms with E-state index in [1.165, 1.54) is 11.1 Å². The third kappa shape index (κ3) is 8.31. The summed E-state index contributed by atoms with van der Waals surface area (Å²) in [5.74, 6) is 0.531. The predicted octanol–water partition coefficient (Wildman–Crippen LogP) is 7.53. The van der Waals surface area contributed by atoms with Crippen molar-refractivity contribution in [3.05, 3.63) is 65.6 Å². The number of pyridine rings is 1. The molecule has 2 aromatic heterocycles. The standard InChI is InChI=1S/C31H41F3N4O3/c1-21(2)26-20-25(37(7)36-26)11-9-8-10-18-38(28(39)41-30(5,6)31(32,33)34)27-19-23(16-17-35-27)22-12-14-24(15-13-22)29(3,4)40/h12-17,19-21,40H,8-11,18H2,1-7H3. The highest BCUT2D eigenvalue weighted by molar-refractivity contribution is 5.87. The maximum absolute atomic E-state index is 13.5. The molecule has 0 fully saturated rings. The second-order valence-electron chi connectivity index (χ2n) is 11.7. The topological polar surface area (TPSA) is 80.5 Å². The normalized spacial score (nSPS) is 12.6. The van der Waals surface area contributed by atoms with Gasteiger partial charge in [0.1, 0.15) is 5.82 Å². The Labute approximate surface area is 240 Å². The van der Waals surface area contributed by atoms with Crippen LogP contribution < -0.4 is 4.90 Å². The van der Waals surface area contributed by atoms with Gasteiger partial charge in [-0.25, -0.2) is 9.78 Å². The molecule has 1 aromatic carbocycles. The summed E-state index contributed by atoms with van der Waals surface area (Å²) in [6.45, 7) is 9.37. The molecule has 0 unspecified atom stereocenters. The SMILES string of the molecule is CC(C)c1cc(CCCCCN(C(=O)OC(C)(C)C(F)(F)F)c2cc(-c3ccc(C(C)(C)O)cc3)ccn2)n(C)n1. The Bertz CT molecular complexity index is 1310. The Balaban J connectivity index is 1.77. The van der Waals surface area contributed by atoms with Gasteiger partial charge in [0.05, 0.1) is 11.3 Å². The van der Waals surface area contributed by atoms with Gasteiger partial charge >= 0.3 is 12.3 Å². The number of aromatic nitrogens is 3. The minimum atomic E-state index is -4.73. The summed E-state index contributed by atoms with van der Waals surface area (Å²) in [5.41, 5.74) is 0.750. The first-order valence-corrected chi connectivity index (χ1v) is 13.9. The maximum atomic E-state index is 13.5. The fourth-order valence-electron chi connectivity index (χ4n) is 4.25. The van der Waals surface area contributed by atoms with E-state index in [1.807, 2.05) is 23.9 Å². The first-order chi connectivity index (χ1) is 19.0. The Morgan fingerprint density at radius 2 is 1.66 bits per heavy atom. The summed E-state index contributed by atoms with van der Waals surface area (Å²) in [7, 11) is 1.91. The predicted molar refractivity (Wildman–Crippen MR) is 154 cm³/mol. The van der Waals surface area contributed by atoms with E-state index in [4.69, 9.17) is 4.74 Å². The summed E-state index contributed by atoms with van der Waals surface area (Å²) < 4.78 is 47.4. The van der Waals surface area contributed by atoms with Gasteiger partial charge in [-0.15, -0.1) is 0 Å². The molecule has 0 saturated heterocycles. The molecule has 3 rings (SSSR count). The summed E-state index contributed by atoms with van der Waals surface area (Å²) in [5, 5.41) is 14.8. The van der Waals surface area contributed by atoms with Crippen molar-refractivity contribution in [3.8, 4) is 11.1 Å². The number of amides is 1. The number of aryl methyl sites for hydroxylation is 2. The molecule has 0 aliphatic rings. The maximum Gasteiger partial charge on any atom is 0.427 e.